The zero-order valence-corrected chi connectivity index (χ0v) is 23.2. The molecule has 5 rings (SSSR count). The number of Topliss-reactive ketones (excluding diaryl/α,β-unsaturated/α-hetero) is 1. The second kappa shape index (κ2) is 11.5. The summed E-state index contributed by atoms with van der Waals surface area (Å²) in [4.78, 5) is 66.4. The summed E-state index contributed by atoms with van der Waals surface area (Å²) >= 11 is 5.98. The quantitative estimate of drug-likeness (QED) is 0.126. The fourth-order valence-corrected chi connectivity index (χ4v) is 5.26. The molecule has 1 fully saturated rings. The molecule has 0 aromatic heterocycles. The summed E-state index contributed by atoms with van der Waals surface area (Å²) in [6.45, 7) is 3.21. The summed E-state index contributed by atoms with van der Waals surface area (Å²) < 4.78 is 5.41. The van der Waals surface area contributed by atoms with Crippen molar-refractivity contribution < 1.29 is 28.7 Å². The third-order valence-corrected chi connectivity index (χ3v) is 7.64. The minimum atomic E-state index is -0.681. The van der Waals surface area contributed by atoms with E-state index in [0.717, 1.165) is 15.6 Å². The van der Waals surface area contributed by atoms with Crippen LogP contribution in [0.1, 0.15) is 50.0 Å². The summed E-state index contributed by atoms with van der Waals surface area (Å²) in [7, 11) is 0. The highest BCUT2D eigenvalue weighted by atomic mass is 35.5. The van der Waals surface area contributed by atoms with E-state index in [0.29, 0.717) is 17.0 Å². The molecule has 41 heavy (non-hydrogen) atoms. The molecule has 1 aliphatic carbocycles. The van der Waals surface area contributed by atoms with Crippen LogP contribution in [0.5, 0.6) is 5.75 Å². The van der Waals surface area contributed by atoms with Crippen LogP contribution in [0.15, 0.2) is 84.9 Å². The third kappa shape index (κ3) is 5.69. The molecule has 3 amide bonds. The van der Waals surface area contributed by atoms with Gasteiger partial charge in [0.25, 0.3) is 17.7 Å². The topological polar surface area (TPSA) is 101 Å². The smallest absolute Gasteiger partial charge is 0.343 e. The normalized spacial score (nSPS) is 19.6. The Balaban J connectivity index is 1.38. The molecule has 8 nitrogen and oxygen atoms in total. The van der Waals surface area contributed by atoms with Crippen LogP contribution >= 0.6 is 11.6 Å². The van der Waals surface area contributed by atoms with Gasteiger partial charge in [-0.05, 0) is 79.9 Å². The van der Waals surface area contributed by atoms with E-state index >= 15 is 0 Å². The predicted molar refractivity (Wildman–Crippen MR) is 151 cm³/mol. The number of benzene rings is 3. The Labute approximate surface area is 242 Å². The highest BCUT2D eigenvalue weighted by Crippen LogP contribution is 2.39. The number of rotatable bonds is 7. The van der Waals surface area contributed by atoms with Crippen molar-refractivity contribution in [1.29, 1.82) is 0 Å². The van der Waals surface area contributed by atoms with Crippen LogP contribution in [0.4, 0.5) is 0 Å². The molecule has 0 saturated carbocycles. The number of carbonyl (C=O) groups is 5. The Morgan fingerprint density at radius 2 is 1.49 bits per heavy atom. The fraction of sp³-hybridized carbons (Fsp3) is 0.219. The lowest BCUT2D eigenvalue weighted by Gasteiger charge is -2.30. The van der Waals surface area contributed by atoms with Crippen molar-refractivity contribution in [2.24, 2.45) is 17.8 Å². The van der Waals surface area contributed by atoms with Gasteiger partial charge in [-0.25, -0.2) is 9.80 Å². The first-order valence-electron chi connectivity index (χ1n) is 13.2. The number of hydrogen-bond acceptors (Lipinski definition) is 6. The van der Waals surface area contributed by atoms with Gasteiger partial charge in [0.2, 0.25) is 0 Å². The molecule has 0 spiro atoms. The molecule has 9 heteroatoms. The second-order valence-corrected chi connectivity index (χ2v) is 10.7. The van der Waals surface area contributed by atoms with Crippen molar-refractivity contribution in [2.75, 3.05) is 6.54 Å². The van der Waals surface area contributed by atoms with Gasteiger partial charge in [0, 0.05) is 16.1 Å². The molecule has 3 atom stereocenters. The van der Waals surface area contributed by atoms with Crippen LogP contribution in [-0.2, 0) is 9.59 Å². The van der Waals surface area contributed by atoms with E-state index in [4.69, 9.17) is 16.3 Å². The average molecular weight is 571 g/mol. The van der Waals surface area contributed by atoms with Crippen molar-refractivity contribution in [3.63, 3.8) is 0 Å². The zero-order valence-electron chi connectivity index (χ0n) is 22.5. The van der Waals surface area contributed by atoms with Crippen LogP contribution in [0.2, 0.25) is 5.02 Å². The van der Waals surface area contributed by atoms with Crippen LogP contribution in [0.25, 0.3) is 0 Å². The van der Waals surface area contributed by atoms with Crippen molar-refractivity contribution >= 4 is 41.1 Å². The van der Waals surface area contributed by atoms with E-state index < -0.39 is 47.9 Å². The monoisotopic (exact) mass is 570 g/mol. The number of ether oxygens (including phenoxy) is 1. The third-order valence-electron chi connectivity index (χ3n) is 7.38. The highest BCUT2D eigenvalue weighted by Gasteiger charge is 2.53. The summed E-state index contributed by atoms with van der Waals surface area (Å²) in [5.74, 6) is -3.91. The van der Waals surface area contributed by atoms with Gasteiger partial charge in [0.05, 0.1) is 17.4 Å². The van der Waals surface area contributed by atoms with Crippen LogP contribution < -0.4 is 4.74 Å². The maximum atomic E-state index is 13.6. The second-order valence-electron chi connectivity index (χ2n) is 10.2. The number of fused-ring (bicyclic) bond motifs is 1. The van der Waals surface area contributed by atoms with Gasteiger partial charge < -0.3 is 4.74 Å². The molecule has 2 aliphatic rings. The van der Waals surface area contributed by atoms with Crippen LogP contribution in [0, 0.1) is 24.7 Å². The maximum Gasteiger partial charge on any atom is 0.343 e. The van der Waals surface area contributed by atoms with Crippen LogP contribution in [0.3, 0.4) is 0 Å². The number of halogens is 1. The largest absolute Gasteiger partial charge is 0.423 e. The van der Waals surface area contributed by atoms with Crippen LogP contribution in [-0.4, -0.2) is 46.0 Å². The Hall–Kier alpha value is -4.56. The van der Waals surface area contributed by atoms with Gasteiger partial charge >= 0.3 is 5.97 Å². The summed E-state index contributed by atoms with van der Waals surface area (Å²) in [6.07, 6.45) is 4.14. The summed E-state index contributed by atoms with van der Waals surface area (Å²) in [5.41, 5.74) is 1.77. The number of aryl methyl sites for hydroxylation is 1. The maximum absolute atomic E-state index is 13.6. The number of imide groups is 1. The number of carbonyl (C=O) groups excluding carboxylic acids is 5. The Kier molecular flexibility index (Phi) is 7.85. The van der Waals surface area contributed by atoms with Gasteiger partial charge in [0.1, 0.15) is 12.3 Å². The molecule has 208 valence electrons. The number of amides is 3. The molecular formula is C32H27ClN2O6. The lowest BCUT2D eigenvalue weighted by molar-refractivity contribution is -0.154. The number of ketones is 1. The summed E-state index contributed by atoms with van der Waals surface area (Å²) in [6, 6.07) is 18.8. The molecule has 3 aromatic carbocycles. The molecule has 3 aromatic rings. The van der Waals surface area contributed by atoms with Crippen molar-refractivity contribution in [1.82, 2.24) is 10.0 Å². The SMILES string of the molecule is Cc1ccc(C(=O)Oc2ccc(C(=O)CN(C(=O)c3ccc(Cl)cc3)N3C(=O)[C@@H]4[C@H](C)C=CC[C@H]4C3=O)cc2)cc1. The van der Waals surface area contributed by atoms with E-state index in [-0.39, 0.29) is 22.8 Å². The standard InChI is InChI=1S/C32H27ClN2O6/c1-19-6-8-23(9-7-19)32(40)41-25-16-12-21(13-17-25)27(36)18-34(29(37)22-10-14-24(33)15-11-22)35-30(38)26-5-3-4-20(2)28(26)31(35)39/h3-4,6-17,20,26,28H,5,18H2,1-2H3/t20-,26-,28-/m1/s1. The fourth-order valence-electron chi connectivity index (χ4n) is 5.14. The lowest BCUT2D eigenvalue weighted by Crippen LogP contribution is -2.52. The minimum absolute atomic E-state index is 0.169. The number of hydrazine groups is 1. The molecule has 0 N–H and O–H groups in total. The first-order chi connectivity index (χ1) is 19.6. The average Bonchev–Trinajstić information content (AvgIpc) is 3.22. The van der Waals surface area contributed by atoms with Gasteiger partial charge in [-0.3, -0.25) is 19.2 Å². The number of esters is 1. The number of nitrogens with zero attached hydrogens (tertiary/aromatic N) is 2. The lowest BCUT2D eigenvalue weighted by atomic mass is 9.78. The van der Waals surface area contributed by atoms with Gasteiger partial charge in [-0.15, -0.1) is 0 Å². The number of allylic oxidation sites excluding steroid dienone is 2. The first kappa shape index (κ1) is 28.0. The summed E-state index contributed by atoms with van der Waals surface area (Å²) in [5, 5.41) is 2.17. The highest BCUT2D eigenvalue weighted by molar-refractivity contribution is 6.30. The Bertz CT molecular complexity index is 1550. The van der Waals surface area contributed by atoms with E-state index in [1.54, 1.807) is 24.3 Å². The molecule has 1 aliphatic heterocycles. The Morgan fingerprint density at radius 3 is 2.12 bits per heavy atom. The van der Waals surface area contributed by atoms with E-state index in [1.807, 2.05) is 26.0 Å². The van der Waals surface area contributed by atoms with Crippen molar-refractivity contribution in [3.8, 4) is 5.75 Å². The van der Waals surface area contributed by atoms with Gasteiger partial charge in [0.15, 0.2) is 5.78 Å². The van der Waals surface area contributed by atoms with E-state index in [2.05, 4.69) is 0 Å². The minimum Gasteiger partial charge on any atom is -0.423 e. The van der Waals surface area contributed by atoms with Crippen molar-refractivity contribution in [3.05, 3.63) is 112 Å². The zero-order chi connectivity index (χ0) is 29.3. The molecule has 1 saturated heterocycles. The molecule has 0 radical (unpaired) electrons. The molecular weight excluding hydrogens is 544 g/mol. The van der Waals surface area contributed by atoms with Gasteiger partial charge in [-0.2, -0.15) is 5.01 Å². The molecule has 1 heterocycles. The molecule has 0 bridgehead atoms. The van der Waals surface area contributed by atoms with Gasteiger partial charge in [-0.1, -0.05) is 48.4 Å². The van der Waals surface area contributed by atoms with Crippen molar-refractivity contribution in [2.45, 2.75) is 20.3 Å². The van der Waals surface area contributed by atoms with E-state index in [9.17, 15) is 24.0 Å². The first-order valence-corrected chi connectivity index (χ1v) is 13.6. The molecule has 0 unspecified atom stereocenters. The number of hydrogen-bond donors (Lipinski definition) is 0. The Morgan fingerprint density at radius 1 is 0.878 bits per heavy atom. The predicted octanol–water partition coefficient (Wildman–Crippen LogP) is 5.30. The van der Waals surface area contributed by atoms with E-state index in [1.165, 1.54) is 48.5 Å².